The molecule has 5 heteroatoms. The summed E-state index contributed by atoms with van der Waals surface area (Å²) in [6.07, 6.45) is -0.0316. The van der Waals surface area contributed by atoms with Gasteiger partial charge in [0.05, 0.1) is 6.61 Å². The summed E-state index contributed by atoms with van der Waals surface area (Å²) in [5.41, 5.74) is 5.73. The molecular formula is C18H25NO3Si. The van der Waals surface area contributed by atoms with Gasteiger partial charge < -0.3 is 9.47 Å². The zero-order chi connectivity index (χ0) is 16.7. The molecule has 1 aliphatic heterocycles. The lowest BCUT2D eigenvalue weighted by Gasteiger charge is -2.32. The lowest BCUT2D eigenvalue weighted by molar-refractivity contribution is -0.135. The van der Waals surface area contributed by atoms with E-state index in [0.29, 0.717) is 19.7 Å². The van der Waals surface area contributed by atoms with Gasteiger partial charge >= 0.3 is 0 Å². The second-order valence-electron chi connectivity index (χ2n) is 6.85. The zero-order valence-electron chi connectivity index (χ0n) is 14.2. The Morgan fingerprint density at radius 3 is 2.74 bits per heavy atom. The normalized spacial score (nSPS) is 18.8. The number of carbonyl (C=O) groups is 1. The van der Waals surface area contributed by atoms with Gasteiger partial charge in [-0.2, -0.15) is 0 Å². The van der Waals surface area contributed by atoms with Crippen LogP contribution in [0.25, 0.3) is 0 Å². The van der Waals surface area contributed by atoms with Crippen molar-refractivity contribution in [3.8, 4) is 11.5 Å². The summed E-state index contributed by atoms with van der Waals surface area (Å²) in [5.74, 6) is 3.27. The summed E-state index contributed by atoms with van der Waals surface area (Å²) in [4.78, 5) is 12.6. The second kappa shape index (κ2) is 8.30. The van der Waals surface area contributed by atoms with E-state index < -0.39 is 8.07 Å². The Hall–Kier alpha value is -1.61. The summed E-state index contributed by atoms with van der Waals surface area (Å²) < 4.78 is 10.4. The van der Waals surface area contributed by atoms with Crippen LogP contribution in [0.3, 0.4) is 0 Å². The van der Waals surface area contributed by atoms with Crippen LogP contribution in [0, 0.1) is 11.5 Å². The SMILES string of the molecule is C[Si](C)(C)C#Cc1ccc(CN2CCOC(COC=O)C2)cc1. The molecule has 1 unspecified atom stereocenters. The maximum absolute atomic E-state index is 10.3. The van der Waals surface area contributed by atoms with Gasteiger partial charge in [-0.1, -0.05) is 37.7 Å². The summed E-state index contributed by atoms with van der Waals surface area (Å²) in [5, 5.41) is 0. The smallest absolute Gasteiger partial charge is 0.293 e. The first-order valence-corrected chi connectivity index (χ1v) is 11.5. The lowest BCUT2D eigenvalue weighted by atomic mass is 10.1. The molecule has 1 atom stereocenters. The molecule has 0 saturated carbocycles. The second-order valence-corrected chi connectivity index (χ2v) is 11.6. The minimum absolute atomic E-state index is 0.0316. The Morgan fingerprint density at radius 2 is 2.09 bits per heavy atom. The van der Waals surface area contributed by atoms with Crippen molar-refractivity contribution in [1.29, 1.82) is 0 Å². The lowest BCUT2D eigenvalue weighted by Crippen LogP contribution is -2.43. The highest BCUT2D eigenvalue weighted by atomic mass is 28.3. The Labute approximate surface area is 139 Å². The van der Waals surface area contributed by atoms with Crippen molar-refractivity contribution < 1.29 is 14.3 Å². The average molecular weight is 331 g/mol. The Morgan fingerprint density at radius 1 is 1.35 bits per heavy atom. The Balaban J connectivity index is 1.90. The van der Waals surface area contributed by atoms with Crippen molar-refractivity contribution in [2.75, 3.05) is 26.3 Å². The van der Waals surface area contributed by atoms with Crippen molar-refractivity contribution in [3.05, 3.63) is 35.4 Å². The molecule has 0 spiro atoms. The van der Waals surface area contributed by atoms with E-state index in [1.807, 2.05) is 0 Å². The maximum Gasteiger partial charge on any atom is 0.293 e. The van der Waals surface area contributed by atoms with Crippen molar-refractivity contribution in [3.63, 3.8) is 0 Å². The first-order chi connectivity index (χ1) is 11.0. The number of hydrogen-bond acceptors (Lipinski definition) is 4. The molecular weight excluding hydrogens is 306 g/mol. The molecule has 0 N–H and O–H groups in total. The van der Waals surface area contributed by atoms with Crippen molar-refractivity contribution in [1.82, 2.24) is 4.90 Å². The molecule has 0 bridgehead atoms. The number of ether oxygens (including phenoxy) is 2. The van der Waals surface area contributed by atoms with E-state index in [1.165, 1.54) is 5.56 Å². The van der Waals surface area contributed by atoms with Crippen LogP contribution in [0.1, 0.15) is 11.1 Å². The Bertz CT molecular complexity index is 569. The van der Waals surface area contributed by atoms with E-state index in [9.17, 15) is 4.79 Å². The van der Waals surface area contributed by atoms with Gasteiger partial charge in [-0.15, -0.1) is 5.54 Å². The van der Waals surface area contributed by atoms with E-state index in [-0.39, 0.29) is 6.10 Å². The minimum Gasteiger partial charge on any atom is -0.465 e. The van der Waals surface area contributed by atoms with Gasteiger partial charge in [0, 0.05) is 25.2 Å². The standard InChI is InChI=1S/C18H25NO3Si/c1-23(2,3)11-8-16-4-6-17(7-5-16)12-19-9-10-22-18(13-19)14-21-15-20/h4-7,15,18H,9-10,12-14H2,1-3H3. The molecule has 124 valence electrons. The van der Waals surface area contributed by atoms with Crippen LogP contribution in [-0.4, -0.2) is 51.9 Å². The number of rotatable bonds is 5. The number of hydrogen-bond donors (Lipinski definition) is 0. The van der Waals surface area contributed by atoms with Crippen molar-refractivity contribution >= 4 is 14.5 Å². The first kappa shape index (κ1) is 17.7. The van der Waals surface area contributed by atoms with Crippen LogP contribution in [-0.2, 0) is 20.8 Å². The quantitative estimate of drug-likeness (QED) is 0.471. The van der Waals surface area contributed by atoms with E-state index in [1.54, 1.807) is 0 Å². The predicted octanol–water partition coefficient (Wildman–Crippen LogP) is 2.29. The molecule has 1 heterocycles. The molecule has 2 rings (SSSR count). The van der Waals surface area contributed by atoms with E-state index >= 15 is 0 Å². The summed E-state index contributed by atoms with van der Waals surface area (Å²) in [6.45, 7) is 10.8. The predicted molar refractivity (Wildman–Crippen MR) is 93.7 cm³/mol. The number of carbonyl (C=O) groups excluding carboxylic acids is 1. The molecule has 1 aliphatic rings. The van der Waals surface area contributed by atoms with Gasteiger partial charge in [0.2, 0.25) is 0 Å². The molecule has 4 nitrogen and oxygen atoms in total. The van der Waals surface area contributed by atoms with E-state index in [0.717, 1.165) is 25.2 Å². The van der Waals surface area contributed by atoms with Crippen LogP contribution in [0.5, 0.6) is 0 Å². The van der Waals surface area contributed by atoms with Crippen LogP contribution >= 0.6 is 0 Å². The highest BCUT2D eigenvalue weighted by Gasteiger charge is 2.20. The molecule has 0 aliphatic carbocycles. The minimum atomic E-state index is -1.33. The highest BCUT2D eigenvalue weighted by molar-refractivity contribution is 6.83. The monoisotopic (exact) mass is 331 g/mol. The Kier molecular flexibility index (Phi) is 6.40. The molecule has 23 heavy (non-hydrogen) atoms. The van der Waals surface area contributed by atoms with Crippen LogP contribution in [0.2, 0.25) is 19.6 Å². The summed E-state index contributed by atoms with van der Waals surface area (Å²) >= 11 is 0. The van der Waals surface area contributed by atoms with Gasteiger partial charge in [-0.25, -0.2) is 0 Å². The van der Waals surface area contributed by atoms with Crippen LogP contribution < -0.4 is 0 Å². The topological polar surface area (TPSA) is 38.8 Å². The fraction of sp³-hybridized carbons (Fsp3) is 0.500. The number of nitrogens with zero attached hydrogens (tertiary/aromatic N) is 1. The highest BCUT2D eigenvalue weighted by Crippen LogP contribution is 2.12. The van der Waals surface area contributed by atoms with Gasteiger partial charge in [-0.3, -0.25) is 9.69 Å². The van der Waals surface area contributed by atoms with Crippen molar-refractivity contribution in [2.24, 2.45) is 0 Å². The average Bonchev–Trinajstić information content (AvgIpc) is 2.52. The summed E-state index contributed by atoms with van der Waals surface area (Å²) in [7, 11) is -1.33. The van der Waals surface area contributed by atoms with E-state index in [4.69, 9.17) is 9.47 Å². The molecule has 1 fully saturated rings. The third-order valence-electron chi connectivity index (χ3n) is 3.52. The van der Waals surface area contributed by atoms with Gasteiger partial charge in [-0.05, 0) is 17.7 Å². The first-order valence-electron chi connectivity index (χ1n) is 7.97. The molecule has 0 aromatic heterocycles. The largest absolute Gasteiger partial charge is 0.465 e. The molecule has 1 aromatic rings. The van der Waals surface area contributed by atoms with Gasteiger partial charge in [0.15, 0.2) is 0 Å². The van der Waals surface area contributed by atoms with Crippen LogP contribution in [0.4, 0.5) is 0 Å². The fourth-order valence-corrected chi connectivity index (χ4v) is 2.90. The summed E-state index contributed by atoms with van der Waals surface area (Å²) in [6, 6.07) is 8.47. The molecule has 0 amide bonds. The molecule has 1 saturated heterocycles. The fourth-order valence-electron chi connectivity index (χ4n) is 2.38. The van der Waals surface area contributed by atoms with Gasteiger partial charge in [0.1, 0.15) is 20.8 Å². The number of morpholine rings is 1. The molecule has 1 aromatic carbocycles. The van der Waals surface area contributed by atoms with Gasteiger partial charge in [0.25, 0.3) is 6.47 Å². The van der Waals surface area contributed by atoms with Crippen LogP contribution in [0.15, 0.2) is 24.3 Å². The third kappa shape index (κ3) is 6.57. The third-order valence-corrected chi connectivity index (χ3v) is 4.39. The zero-order valence-corrected chi connectivity index (χ0v) is 15.2. The van der Waals surface area contributed by atoms with E-state index in [2.05, 4.69) is 60.3 Å². The maximum atomic E-state index is 10.3. The number of benzene rings is 1. The van der Waals surface area contributed by atoms with Crippen molar-refractivity contribution in [2.45, 2.75) is 32.3 Å². The molecule has 0 radical (unpaired) electrons.